The van der Waals surface area contributed by atoms with Crippen molar-refractivity contribution in [3.63, 3.8) is 0 Å². The van der Waals surface area contributed by atoms with Crippen molar-refractivity contribution in [1.29, 1.82) is 0 Å². The fourth-order valence-electron chi connectivity index (χ4n) is 3.79. The highest BCUT2D eigenvalue weighted by molar-refractivity contribution is 5.63. The normalized spacial score (nSPS) is 12.2. The number of hydrogen-bond acceptors (Lipinski definition) is 8. The number of aliphatic hydroxyl groups is 2. The van der Waals surface area contributed by atoms with E-state index >= 15 is 0 Å². The molecule has 0 bridgehead atoms. The van der Waals surface area contributed by atoms with Crippen molar-refractivity contribution in [2.45, 2.75) is 59.0 Å². The molecule has 2 heterocycles. The van der Waals surface area contributed by atoms with E-state index in [1.807, 2.05) is 32.0 Å². The highest BCUT2D eigenvalue weighted by atomic mass is 16.5. The van der Waals surface area contributed by atoms with Crippen molar-refractivity contribution in [2.75, 3.05) is 20.3 Å². The molecule has 2 N–H and O–H groups in total. The van der Waals surface area contributed by atoms with Gasteiger partial charge in [0.25, 0.3) is 5.89 Å². The van der Waals surface area contributed by atoms with Crippen molar-refractivity contribution in [2.24, 2.45) is 0 Å². The molecule has 0 aliphatic heterocycles. The minimum atomic E-state index is -0.922. The smallest absolute Gasteiger partial charge is 0.276 e. The molecule has 1 atom stereocenters. The number of benzene rings is 1. The lowest BCUT2D eigenvalue weighted by atomic mass is 9.98. The molecule has 0 fully saturated rings. The molecule has 0 saturated heterocycles. The SMILES string of the molecule is CCc1cc(-c2noc(-c3cc(OC)cc(C(CC)CC)n3)n2)cc(C)c1OCC(O)CO. The number of aryl methyl sites for hydroxylation is 2. The molecule has 3 rings (SSSR count). The Labute approximate surface area is 194 Å². The van der Waals surface area contributed by atoms with Gasteiger partial charge in [0, 0.05) is 29.3 Å². The molecule has 8 heteroatoms. The molecule has 0 saturated carbocycles. The van der Waals surface area contributed by atoms with Gasteiger partial charge < -0.3 is 24.2 Å². The van der Waals surface area contributed by atoms with Crippen LogP contribution in [0.2, 0.25) is 0 Å². The van der Waals surface area contributed by atoms with Crippen molar-refractivity contribution in [3.8, 4) is 34.5 Å². The third-order valence-corrected chi connectivity index (χ3v) is 5.72. The highest BCUT2D eigenvalue weighted by Crippen LogP contribution is 2.32. The van der Waals surface area contributed by atoms with Gasteiger partial charge in [0.1, 0.15) is 29.9 Å². The van der Waals surface area contributed by atoms with E-state index in [1.165, 1.54) is 0 Å². The maximum atomic E-state index is 9.62. The Balaban J connectivity index is 1.94. The van der Waals surface area contributed by atoms with Crippen LogP contribution in [0.25, 0.3) is 23.0 Å². The Morgan fingerprint density at radius 2 is 1.82 bits per heavy atom. The van der Waals surface area contributed by atoms with Crippen LogP contribution < -0.4 is 9.47 Å². The molecule has 8 nitrogen and oxygen atoms in total. The molecule has 0 spiro atoms. The van der Waals surface area contributed by atoms with Crippen molar-refractivity contribution in [3.05, 3.63) is 41.1 Å². The summed E-state index contributed by atoms with van der Waals surface area (Å²) in [5.41, 5.74) is 4.18. The molecular formula is C25H33N3O5. The molecular weight excluding hydrogens is 422 g/mol. The van der Waals surface area contributed by atoms with Gasteiger partial charge in [-0.2, -0.15) is 4.98 Å². The number of aromatic nitrogens is 3. The topological polar surface area (TPSA) is 111 Å². The molecule has 0 aliphatic carbocycles. The lowest BCUT2D eigenvalue weighted by molar-refractivity contribution is 0.0531. The Morgan fingerprint density at radius 1 is 1.06 bits per heavy atom. The van der Waals surface area contributed by atoms with Gasteiger partial charge in [0.15, 0.2) is 0 Å². The van der Waals surface area contributed by atoms with E-state index in [9.17, 15) is 5.11 Å². The summed E-state index contributed by atoms with van der Waals surface area (Å²) < 4.78 is 16.8. The van der Waals surface area contributed by atoms with Gasteiger partial charge >= 0.3 is 0 Å². The molecule has 0 radical (unpaired) electrons. The number of methoxy groups -OCH3 is 1. The standard InChI is InChI=1S/C25H33N3O5/c1-6-16(7-2)21-11-20(31-5)12-22(26-21)25-27-24(28-33-25)18-9-15(4)23(17(8-3)10-18)32-14-19(30)13-29/h9-12,16,19,29-30H,6-8,13-14H2,1-5H3. The number of aliphatic hydroxyl groups excluding tert-OH is 2. The summed E-state index contributed by atoms with van der Waals surface area (Å²) in [6, 6.07) is 7.64. The average Bonchev–Trinajstić information content (AvgIpc) is 3.33. The Kier molecular flexibility index (Phi) is 8.41. The maximum Gasteiger partial charge on any atom is 0.276 e. The molecule has 178 valence electrons. The largest absolute Gasteiger partial charge is 0.497 e. The maximum absolute atomic E-state index is 9.62. The molecule has 1 unspecified atom stereocenters. The zero-order chi connectivity index (χ0) is 24.0. The first-order valence-corrected chi connectivity index (χ1v) is 11.4. The third kappa shape index (κ3) is 5.69. The minimum absolute atomic E-state index is 0.0242. The Morgan fingerprint density at radius 3 is 2.45 bits per heavy atom. The second-order valence-corrected chi connectivity index (χ2v) is 8.04. The van der Waals surface area contributed by atoms with Crippen LogP contribution in [0, 0.1) is 6.92 Å². The van der Waals surface area contributed by atoms with Crippen molar-refractivity contribution < 1.29 is 24.2 Å². The van der Waals surface area contributed by atoms with Gasteiger partial charge in [-0.1, -0.05) is 25.9 Å². The van der Waals surface area contributed by atoms with E-state index in [0.717, 1.165) is 41.6 Å². The van der Waals surface area contributed by atoms with Gasteiger partial charge in [0.2, 0.25) is 5.82 Å². The number of hydrogen-bond donors (Lipinski definition) is 2. The summed E-state index contributed by atoms with van der Waals surface area (Å²) in [5.74, 6) is 2.52. The van der Waals surface area contributed by atoms with Crippen LogP contribution in [0.15, 0.2) is 28.8 Å². The summed E-state index contributed by atoms with van der Waals surface area (Å²) in [6.07, 6.45) is 1.76. The van der Waals surface area contributed by atoms with Gasteiger partial charge in [-0.05, 0) is 49.4 Å². The monoisotopic (exact) mass is 455 g/mol. The fraction of sp³-hybridized carbons (Fsp3) is 0.480. The summed E-state index contributed by atoms with van der Waals surface area (Å²) in [6.45, 7) is 7.92. The van der Waals surface area contributed by atoms with E-state index in [0.29, 0.717) is 34.8 Å². The first-order chi connectivity index (χ1) is 15.9. The Hall–Kier alpha value is -2.97. The molecule has 2 aromatic heterocycles. The molecule has 0 amide bonds. The van der Waals surface area contributed by atoms with Crippen LogP contribution in [0.1, 0.15) is 56.4 Å². The zero-order valence-electron chi connectivity index (χ0n) is 20.0. The molecule has 1 aromatic carbocycles. The van der Waals surface area contributed by atoms with E-state index in [-0.39, 0.29) is 13.2 Å². The number of pyridine rings is 1. The second kappa shape index (κ2) is 11.2. The summed E-state index contributed by atoms with van der Waals surface area (Å²) in [4.78, 5) is 9.38. The van der Waals surface area contributed by atoms with Crippen LogP contribution >= 0.6 is 0 Å². The first-order valence-electron chi connectivity index (χ1n) is 11.4. The number of rotatable bonds is 11. The minimum Gasteiger partial charge on any atom is -0.497 e. The van der Waals surface area contributed by atoms with Gasteiger partial charge in [0.05, 0.1) is 13.7 Å². The molecule has 0 aliphatic rings. The number of nitrogens with zero attached hydrogens (tertiary/aromatic N) is 3. The molecule has 33 heavy (non-hydrogen) atoms. The van der Waals surface area contributed by atoms with Crippen molar-refractivity contribution in [1.82, 2.24) is 15.1 Å². The van der Waals surface area contributed by atoms with Crippen LogP contribution in [0.4, 0.5) is 0 Å². The van der Waals surface area contributed by atoms with Gasteiger partial charge in [-0.25, -0.2) is 4.98 Å². The van der Waals surface area contributed by atoms with Crippen LogP contribution in [-0.4, -0.2) is 51.8 Å². The predicted molar refractivity (Wildman–Crippen MR) is 126 cm³/mol. The lowest BCUT2D eigenvalue weighted by Gasteiger charge is -2.16. The average molecular weight is 456 g/mol. The van der Waals surface area contributed by atoms with Gasteiger partial charge in [-0.3, -0.25) is 0 Å². The predicted octanol–water partition coefficient (Wildman–Crippen LogP) is 4.31. The van der Waals surface area contributed by atoms with E-state index in [4.69, 9.17) is 24.1 Å². The zero-order valence-corrected chi connectivity index (χ0v) is 20.0. The van der Waals surface area contributed by atoms with Crippen molar-refractivity contribution >= 4 is 0 Å². The third-order valence-electron chi connectivity index (χ3n) is 5.72. The number of ether oxygens (including phenoxy) is 2. The first kappa shape index (κ1) is 24.7. The quantitative estimate of drug-likeness (QED) is 0.440. The van der Waals surface area contributed by atoms with E-state index < -0.39 is 6.10 Å². The summed E-state index contributed by atoms with van der Waals surface area (Å²) in [7, 11) is 1.63. The van der Waals surface area contributed by atoms with E-state index in [2.05, 4.69) is 24.0 Å². The summed E-state index contributed by atoms with van der Waals surface area (Å²) >= 11 is 0. The molecule has 3 aromatic rings. The highest BCUT2D eigenvalue weighted by Gasteiger charge is 2.19. The lowest BCUT2D eigenvalue weighted by Crippen LogP contribution is -2.22. The van der Waals surface area contributed by atoms with Gasteiger partial charge in [-0.15, -0.1) is 0 Å². The van der Waals surface area contributed by atoms with Crippen LogP contribution in [0.3, 0.4) is 0 Å². The fourth-order valence-corrected chi connectivity index (χ4v) is 3.79. The van der Waals surface area contributed by atoms with Crippen LogP contribution in [0.5, 0.6) is 11.5 Å². The van der Waals surface area contributed by atoms with Crippen LogP contribution in [-0.2, 0) is 6.42 Å². The summed E-state index contributed by atoms with van der Waals surface area (Å²) in [5, 5.41) is 22.8. The Bertz CT molecular complexity index is 1060. The van der Waals surface area contributed by atoms with E-state index in [1.54, 1.807) is 13.2 Å². The second-order valence-electron chi connectivity index (χ2n) is 8.04.